The van der Waals surface area contributed by atoms with Crippen molar-refractivity contribution in [3.05, 3.63) is 20.8 Å². The number of hydrogen-bond acceptors (Lipinski definition) is 9. The molecule has 0 bridgehead atoms. The third-order valence-corrected chi connectivity index (χ3v) is 2.52. The molecular formula is C9H16N4O7. The highest BCUT2D eigenvalue weighted by atomic mass is 16.5. The van der Waals surface area contributed by atoms with Crippen molar-refractivity contribution in [2.75, 3.05) is 23.9 Å². The predicted octanol–water partition coefficient (Wildman–Crippen LogP) is -3.65. The summed E-state index contributed by atoms with van der Waals surface area (Å²) >= 11 is 0. The summed E-state index contributed by atoms with van der Waals surface area (Å²) in [5, 5.41) is 47.9. The molecule has 1 rings (SSSR count). The van der Waals surface area contributed by atoms with Gasteiger partial charge in [0.2, 0.25) is 0 Å². The smallest absolute Gasteiger partial charge is 0.327 e. The van der Waals surface area contributed by atoms with Crippen LogP contribution in [0.25, 0.3) is 0 Å². The van der Waals surface area contributed by atoms with Crippen molar-refractivity contribution in [3.8, 4) is 0 Å². The molecule has 0 aliphatic heterocycles. The molecule has 0 spiro atoms. The number of H-pyrrole nitrogens is 2. The summed E-state index contributed by atoms with van der Waals surface area (Å²) in [5.41, 5.74) is -0.571. The van der Waals surface area contributed by atoms with Gasteiger partial charge in [0, 0.05) is 6.54 Å². The van der Waals surface area contributed by atoms with Crippen LogP contribution in [0.3, 0.4) is 0 Å². The van der Waals surface area contributed by atoms with Gasteiger partial charge in [-0.25, -0.2) is 4.79 Å². The van der Waals surface area contributed by atoms with E-state index in [9.17, 15) is 19.8 Å². The first-order valence-corrected chi connectivity index (χ1v) is 5.56. The molecule has 20 heavy (non-hydrogen) atoms. The number of anilines is 2. The first-order chi connectivity index (χ1) is 9.40. The highest BCUT2D eigenvalue weighted by molar-refractivity contribution is 5.61. The molecular weight excluding hydrogens is 276 g/mol. The van der Waals surface area contributed by atoms with Crippen molar-refractivity contribution in [2.45, 2.75) is 18.3 Å². The molecule has 0 amide bonds. The normalized spacial score (nSPS) is 15.4. The van der Waals surface area contributed by atoms with E-state index in [0.29, 0.717) is 0 Å². The molecule has 0 aliphatic rings. The number of aliphatic hydroxyl groups excluding tert-OH is 4. The molecule has 0 unspecified atom stereocenters. The maximum atomic E-state index is 11.3. The van der Waals surface area contributed by atoms with E-state index < -0.39 is 41.9 Å². The maximum Gasteiger partial charge on any atom is 0.327 e. The van der Waals surface area contributed by atoms with Crippen LogP contribution in [-0.2, 0) is 0 Å². The topological polar surface area (TPSA) is 191 Å². The quantitative estimate of drug-likeness (QED) is 0.228. The number of aromatic nitrogens is 2. The van der Waals surface area contributed by atoms with Gasteiger partial charge in [-0.05, 0) is 0 Å². The average molecular weight is 292 g/mol. The van der Waals surface area contributed by atoms with Crippen LogP contribution in [0.2, 0.25) is 0 Å². The van der Waals surface area contributed by atoms with Crippen molar-refractivity contribution < 1.29 is 25.6 Å². The van der Waals surface area contributed by atoms with Crippen molar-refractivity contribution in [1.29, 1.82) is 0 Å². The minimum atomic E-state index is -1.63. The van der Waals surface area contributed by atoms with Gasteiger partial charge < -0.3 is 25.7 Å². The molecule has 0 aliphatic carbocycles. The van der Waals surface area contributed by atoms with Crippen LogP contribution in [0.4, 0.5) is 11.5 Å². The largest absolute Gasteiger partial charge is 0.394 e. The fourth-order valence-corrected chi connectivity index (χ4v) is 1.42. The predicted molar refractivity (Wildman–Crippen MR) is 66.7 cm³/mol. The summed E-state index contributed by atoms with van der Waals surface area (Å²) in [6.07, 6.45) is -4.67. The van der Waals surface area contributed by atoms with E-state index >= 15 is 0 Å². The van der Waals surface area contributed by atoms with Gasteiger partial charge in [-0.3, -0.25) is 25.4 Å². The third-order valence-electron chi connectivity index (χ3n) is 2.52. The summed E-state index contributed by atoms with van der Waals surface area (Å²) in [4.78, 5) is 26.4. The van der Waals surface area contributed by atoms with E-state index in [2.05, 4.69) is 10.3 Å². The lowest BCUT2D eigenvalue weighted by molar-refractivity contribution is -0.0715. The Morgan fingerprint density at radius 2 is 1.75 bits per heavy atom. The Kier molecular flexibility index (Phi) is 5.66. The minimum absolute atomic E-state index is 0.217. The molecule has 11 nitrogen and oxygen atoms in total. The van der Waals surface area contributed by atoms with Crippen LogP contribution < -0.4 is 22.0 Å². The zero-order valence-corrected chi connectivity index (χ0v) is 10.2. The van der Waals surface area contributed by atoms with Crippen LogP contribution in [0.5, 0.6) is 0 Å². The fourth-order valence-electron chi connectivity index (χ4n) is 1.42. The van der Waals surface area contributed by atoms with Gasteiger partial charge in [-0.1, -0.05) is 0 Å². The molecule has 0 saturated carbocycles. The molecule has 9 N–H and O–H groups in total. The Morgan fingerprint density at radius 3 is 2.30 bits per heavy atom. The summed E-state index contributed by atoms with van der Waals surface area (Å²) in [5.74, 6) is -0.217. The first kappa shape index (κ1) is 16.1. The molecule has 0 fully saturated rings. The van der Waals surface area contributed by atoms with E-state index in [1.54, 1.807) is 5.48 Å². The van der Waals surface area contributed by atoms with Crippen LogP contribution in [0, 0.1) is 0 Å². The van der Waals surface area contributed by atoms with Crippen LogP contribution >= 0.6 is 0 Å². The molecule has 0 aromatic carbocycles. The van der Waals surface area contributed by atoms with Crippen molar-refractivity contribution in [3.63, 3.8) is 0 Å². The summed E-state index contributed by atoms with van der Waals surface area (Å²) in [6, 6.07) is 0. The van der Waals surface area contributed by atoms with Gasteiger partial charge in [0.1, 0.15) is 18.0 Å². The Hall–Kier alpha value is -1.92. The Morgan fingerprint density at radius 1 is 1.10 bits per heavy atom. The molecule has 3 atom stereocenters. The van der Waals surface area contributed by atoms with E-state index in [-0.39, 0.29) is 12.4 Å². The number of hydrogen-bond donors (Lipinski definition) is 9. The molecule has 11 heteroatoms. The number of aliphatic hydroxyl groups is 4. The summed E-state index contributed by atoms with van der Waals surface area (Å²) < 4.78 is 0. The van der Waals surface area contributed by atoms with Gasteiger partial charge in [-0.15, -0.1) is 0 Å². The van der Waals surface area contributed by atoms with E-state index in [4.69, 9.17) is 15.4 Å². The zero-order chi connectivity index (χ0) is 15.3. The lowest BCUT2D eigenvalue weighted by Crippen LogP contribution is -2.43. The van der Waals surface area contributed by atoms with Gasteiger partial charge in [0.25, 0.3) is 5.56 Å². The highest BCUT2D eigenvalue weighted by Crippen LogP contribution is 2.10. The van der Waals surface area contributed by atoms with Gasteiger partial charge in [0.15, 0.2) is 5.69 Å². The fraction of sp³-hybridized carbons (Fsp3) is 0.556. The molecule has 1 heterocycles. The van der Waals surface area contributed by atoms with Gasteiger partial charge >= 0.3 is 5.69 Å². The summed E-state index contributed by atoms with van der Waals surface area (Å²) in [6.45, 7) is -1.12. The van der Waals surface area contributed by atoms with Crippen molar-refractivity contribution in [1.82, 2.24) is 9.97 Å². The average Bonchev–Trinajstić information content (AvgIpc) is 2.42. The first-order valence-electron chi connectivity index (χ1n) is 5.56. The lowest BCUT2D eigenvalue weighted by Gasteiger charge is -2.22. The van der Waals surface area contributed by atoms with Crippen molar-refractivity contribution >= 4 is 11.5 Å². The van der Waals surface area contributed by atoms with Crippen LogP contribution in [0.1, 0.15) is 0 Å². The minimum Gasteiger partial charge on any atom is -0.394 e. The molecule has 0 radical (unpaired) electrons. The zero-order valence-electron chi connectivity index (χ0n) is 10.2. The Bertz CT molecular complexity index is 542. The second kappa shape index (κ2) is 7.02. The van der Waals surface area contributed by atoms with Gasteiger partial charge in [-0.2, -0.15) is 0 Å². The SMILES string of the molecule is O=c1[nH]c(NC[C@H](O)[C@H](O)[C@H](O)CO)c(NO)c(=O)[nH]1. The van der Waals surface area contributed by atoms with Crippen LogP contribution in [-0.4, -0.2) is 67.1 Å². The monoisotopic (exact) mass is 292 g/mol. The molecule has 114 valence electrons. The Balaban J connectivity index is 2.80. The van der Waals surface area contributed by atoms with E-state index in [1.165, 1.54) is 0 Å². The standard InChI is InChI=1S/C9H16N4O7/c14-2-4(16)6(17)3(15)1-10-7-5(13-20)8(18)12-9(19)11-7/h3-4,6,13-17,20H,1-2H2,(H3,10,11,12,18,19)/t3-,4+,6-/m0/s1. The second-order valence-electron chi connectivity index (χ2n) is 3.96. The Labute approximate surface area is 111 Å². The number of nitrogens with one attached hydrogen (secondary N) is 4. The van der Waals surface area contributed by atoms with Crippen molar-refractivity contribution in [2.24, 2.45) is 0 Å². The number of aromatic amines is 2. The van der Waals surface area contributed by atoms with Gasteiger partial charge in [0.05, 0.1) is 12.7 Å². The lowest BCUT2D eigenvalue weighted by atomic mass is 10.1. The number of rotatable bonds is 7. The molecule has 1 aromatic rings. The van der Waals surface area contributed by atoms with Crippen LogP contribution in [0.15, 0.2) is 9.59 Å². The van der Waals surface area contributed by atoms with E-state index in [1.807, 2.05) is 4.98 Å². The summed E-state index contributed by atoms with van der Waals surface area (Å²) in [7, 11) is 0. The highest BCUT2D eigenvalue weighted by Gasteiger charge is 2.24. The molecule has 1 aromatic heterocycles. The second-order valence-corrected chi connectivity index (χ2v) is 3.96. The maximum absolute atomic E-state index is 11.3. The van der Waals surface area contributed by atoms with E-state index in [0.717, 1.165) is 0 Å². The molecule has 0 saturated heterocycles. The third kappa shape index (κ3) is 3.79.